The van der Waals surface area contributed by atoms with E-state index in [0.717, 1.165) is 47.5 Å². The number of thiophene rings is 1. The largest absolute Gasteiger partial charge is 0.481 e. The molecule has 0 spiro atoms. The Morgan fingerprint density at radius 2 is 1.97 bits per heavy atom. The third-order valence-corrected chi connectivity index (χ3v) is 7.90. The fourth-order valence-corrected chi connectivity index (χ4v) is 6.15. The van der Waals surface area contributed by atoms with Crippen LogP contribution < -0.4 is 25.6 Å². The van der Waals surface area contributed by atoms with E-state index in [1.165, 1.54) is 35.4 Å². The van der Waals surface area contributed by atoms with E-state index in [4.69, 9.17) is 4.74 Å². The molecule has 2 bridgehead atoms. The van der Waals surface area contributed by atoms with Crippen molar-refractivity contribution in [2.24, 2.45) is 0 Å². The molecule has 1 aromatic carbocycles. The Labute approximate surface area is 204 Å². The first-order valence-electron chi connectivity index (χ1n) is 12.2. The summed E-state index contributed by atoms with van der Waals surface area (Å²) >= 11 is 1.40. The molecule has 2 saturated heterocycles. The molecule has 3 aromatic rings. The van der Waals surface area contributed by atoms with Crippen LogP contribution in [0.4, 0.5) is 11.4 Å². The maximum Gasteiger partial charge on any atom is 0.263 e. The highest BCUT2D eigenvalue weighted by Gasteiger charge is 2.32. The molecule has 0 saturated carbocycles. The van der Waals surface area contributed by atoms with E-state index in [1.807, 2.05) is 19.9 Å². The Balaban J connectivity index is 1.22. The van der Waals surface area contributed by atoms with Crippen LogP contribution in [-0.2, 0) is 6.42 Å². The number of nitrogens with zero attached hydrogens (tertiary/aromatic N) is 2. The summed E-state index contributed by atoms with van der Waals surface area (Å²) < 4.78 is 5.37. The molecular weight excluding hydrogens is 446 g/mol. The molecule has 2 aromatic heterocycles. The molecule has 1 amide bonds. The van der Waals surface area contributed by atoms with Crippen LogP contribution in [0.25, 0.3) is 10.2 Å². The number of benzene rings is 1. The van der Waals surface area contributed by atoms with Crippen LogP contribution in [0.1, 0.15) is 40.6 Å². The summed E-state index contributed by atoms with van der Waals surface area (Å²) in [5.41, 5.74) is 4.33. The van der Waals surface area contributed by atoms with Crippen LogP contribution in [0, 0.1) is 6.92 Å². The van der Waals surface area contributed by atoms with Crippen molar-refractivity contribution < 1.29 is 9.53 Å². The van der Waals surface area contributed by atoms with Gasteiger partial charge in [0.2, 0.25) is 5.88 Å². The summed E-state index contributed by atoms with van der Waals surface area (Å²) in [6.07, 6.45) is 3.38. The number of fused-ring (bicyclic) bond motifs is 3. The van der Waals surface area contributed by atoms with Gasteiger partial charge in [-0.15, -0.1) is 11.3 Å². The van der Waals surface area contributed by atoms with E-state index in [1.54, 1.807) is 7.11 Å². The number of ether oxygens (including phenoxy) is 1. The van der Waals surface area contributed by atoms with Gasteiger partial charge in [-0.2, -0.15) is 0 Å². The molecule has 7 nitrogen and oxygen atoms in total. The molecule has 8 heteroatoms. The second-order valence-corrected chi connectivity index (χ2v) is 10.2. The predicted molar refractivity (Wildman–Crippen MR) is 140 cm³/mol. The normalized spacial score (nSPS) is 19.4. The summed E-state index contributed by atoms with van der Waals surface area (Å²) in [5, 5.41) is 11.1. The second-order valence-electron chi connectivity index (χ2n) is 9.22. The highest BCUT2D eigenvalue weighted by atomic mass is 32.1. The van der Waals surface area contributed by atoms with Gasteiger partial charge in [-0.05, 0) is 56.9 Å². The maximum atomic E-state index is 13.1. The lowest BCUT2D eigenvalue weighted by Gasteiger charge is -2.34. The number of hydrogen-bond donors (Lipinski definition) is 3. The third-order valence-electron chi connectivity index (χ3n) is 6.80. The minimum atomic E-state index is -0.0662. The number of hydrogen-bond acceptors (Lipinski definition) is 7. The molecule has 180 valence electrons. The Bertz CT molecular complexity index is 1160. The van der Waals surface area contributed by atoms with Crippen LogP contribution in [0.3, 0.4) is 0 Å². The van der Waals surface area contributed by atoms with Crippen molar-refractivity contribution in [2.45, 2.75) is 45.2 Å². The van der Waals surface area contributed by atoms with Gasteiger partial charge in [0, 0.05) is 54.9 Å². The van der Waals surface area contributed by atoms with Crippen molar-refractivity contribution in [3.8, 4) is 5.88 Å². The molecule has 2 aliphatic heterocycles. The second kappa shape index (κ2) is 9.80. The van der Waals surface area contributed by atoms with E-state index in [2.05, 4.69) is 50.1 Å². The Hall–Kier alpha value is -2.84. The van der Waals surface area contributed by atoms with E-state index in [9.17, 15) is 4.79 Å². The molecule has 4 heterocycles. The van der Waals surface area contributed by atoms with Gasteiger partial charge < -0.3 is 25.6 Å². The summed E-state index contributed by atoms with van der Waals surface area (Å²) in [7, 11) is 1.62. The molecule has 2 atom stereocenters. The average Bonchev–Trinajstić information content (AvgIpc) is 3.37. The zero-order chi connectivity index (χ0) is 23.7. The molecule has 0 radical (unpaired) electrons. The Morgan fingerprint density at radius 1 is 1.24 bits per heavy atom. The molecule has 34 heavy (non-hydrogen) atoms. The van der Waals surface area contributed by atoms with Crippen LogP contribution in [-0.4, -0.2) is 56.3 Å². The van der Waals surface area contributed by atoms with Crippen molar-refractivity contribution in [2.75, 3.05) is 43.5 Å². The fraction of sp³-hybridized carbons (Fsp3) is 0.462. The van der Waals surface area contributed by atoms with Gasteiger partial charge >= 0.3 is 0 Å². The summed E-state index contributed by atoms with van der Waals surface area (Å²) in [4.78, 5) is 21.6. The number of piperazine rings is 1. The molecule has 5 rings (SSSR count). The fourth-order valence-electron chi connectivity index (χ4n) is 5.11. The monoisotopic (exact) mass is 479 g/mol. The van der Waals surface area contributed by atoms with Crippen molar-refractivity contribution >= 4 is 38.8 Å². The van der Waals surface area contributed by atoms with Gasteiger partial charge in [-0.1, -0.05) is 12.1 Å². The zero-order valence-electron chi connectivity index (χ0n) is 20.1. The number of carbonyl (C=O) groups excluding carboxylic acids is 1. The van der Waals surface area contributed by atoms with E-state index < -0.39 is 0 Å². The lowest BCUT2D eigenvalue weighted by atomic mass is 10.1. The molecular formula is C26H33N5O2S. The number of carbonyl (C=O) groups is 1. The molecule has 2 unspecified atom stereocenters. The predicted octanol–water partition coefficient (Wildman–Crippen LogP) is 3.96. The van der Waals surface area contributed by atoms with Gasteiger partial charge in [0.05, 0.1) is 12.8 Å². The minimum absolute atomic E-state index is 0.0662. The number of aromatic nitrogens is 1. The summed E-state index contributed by atoms with van der Waals surface area (Å²) in [5.74, 6) is 0.532. The van der Waals surface area contributed by atoms with E-state index in [-0.39, 0.29) is 5.91 Å². The highest BCUT2D eigenvalue weighted by molar-refractivity contribution is 7.21. The van der Waals surface area contributed by atoms with Gasteiger partial charge in [-0.25, -0.2) is 4.98 Å². The van der Waals surface area contributed by atoms with Gasteiger partial charge in [0.15, 0.2) is 0 Å². The minimum Gasteiger partial charge on any atom is -0.481 e. The molecule has 0 aliphatic carbocycles. The molecule has 2 fully saturated rings. The average molecular weight is 480 g/mol. The Kier molecular flexibility index (Phi) is 6.61. The lowest BCUT2D eigenvalue weighted by molar-refractivity contribution is 0.0959. The van der Waals surface area contributed by atoms with Gasteiger partial charge in [0.25, 0.3) is 5.91 Å². The molecule has 3 N–H and O–H groups in total. The number of anilines is 2. The van der Waals surface area contributed by atoms with Crippen molar-refractivity contribution in [3.63, 3.8) is 0 Å². The molecule has 2 aliphatic rings. The lowest BCUT2D eigenvalue weighted by Crippen LogP contribution is -2.51. The van der Waals surface area contributed by atoms with E-state index in [0.29, 0.717) is 29.4 Å². The van der Waals surface area contributed by atoms with Crippen LogP contribution in [0.2, 0.25) is 0 Å². The topological polar surface area (TPSA) is 78.5 Å². The summed E-state index contributed by atoms with van der Waals surface area (Å²) in [6, 6.07) is 12.1. The van der Waals surface area contributed by atoms with Crippen LogP contribution >= 0.6 is 11.3 Å². The number of pyridine rings is 1. The first-order valence-corrected chi connectivity index (χ1v) is 13.0. The van der Waals surface area contributed by atoms with Gasteiger partial charge in [-0.3, -0.25) is 4.79 Å². The highest BCUT2D eigenvalue weighted by Crippen LogP contribution is 2.37. The zero-order valence-corrected chi connectivity index (χ0v) is 20.9. The quantitative estimate of drug-likeness (QED) is 0.454. The van der Waals surface area contributed by atoms with Crippen molar-refractivity contribution in [1.82, 2.24) is 15.6 Å². The number of rotatable bonds is 8. The standard InChI is InChI=1S/C26H33N5O2S/c1-4-27-22-21-13-16(2)25(33-3)30-26(21)34-23(22)24(32)28-12-11-17-5-9-20(10-6-17)31-14-18-7-8-19(15-31)29-18/h5-6,9-10,13,18-19,27,29H,4,7-8,11-12,14-15H2,1-3H3,(H,28,32). The third kappa shape index (κ3) is 4.57. The number of methoxy groups -OCH3 is 1. The van der Waals surface area contributed by atoms with Crippen molar-refractivity contribution in [1.29, 1.82) is 0 Å². The van der Waals surface area contributed by atoms with Crippen LogP contribution in [0.15, 0.2) is 30.3 Å². The number of amides is 1. The number of nitrogens with one attached hydrogen (secondary N) is 3. The smallest absolute Gasteiger partial charge is 0.263 e. The van der Waals surface area contributed by atoms with Crippen molar-refractivity contribution in [3.05, 3.63) is 46.3 Å². The number of aryl methyl sites for hydroxylation is 1. The Morgan fingerprint density at radius 3 is 2.65 bits per heavy atom. The first kappa shape index (κ1) is 22.9. The van der Waals surface area contributed by atoms with Crippen LogP contribution in [0.5, 0.6) is 5.88 Å². The van der Waals surface area contributed by atoms with Gasteiger partial charge in [0.1, 0.15) is 9.71 Å². The van der Waals surface area contributed by atoms with E-state index >= 15 is 0 Å². The maximum absolute atomic E-state index is 13.1. The first-order chi connectivity index (χ1) is 16.6. The SMILES string of the molecule is CCNc1c(C(=O)NCCc2ccc(N3CC4CCC(C3)N4)cc2)sc2nc(OC)c(C)cc12. The summed E-state index contributed by atoms with van der Waals surface area (Å²) in [6.45, 7) is 7.51.